The second kappa shape index (κ2) is 4.59. The van der Waals surface area contributed by atoms with Crippen LogP contribution in [-0.4, -0.2) is 13.7 Å². The van der Waals surface area contributed by atoms with Gasteiger partial charge in [-0.3, -0.25) is 0 Å². The van der Waals surface area contributed by atoms with Crippen LogP contribution >= 0.6 is 0 Å². The molecule has 0 saturated carbocycles. The van der Waals surface area contributed by atoms with Crippen LogP contribution in [0.5, 0.6) is 0 Å². The van der Waals surface area contributed by atoms with Crippen LogP contribution in [0.2, 0.25) is 0 Å². The molecule has 0 aromatic carbocycles. The zero-order chi connectivity index (χ0) is 14.2. The van der Waals surface area contributed by atoms with Crippen LogP contribution in [-0.2, 0) is 12.1 Å². The number of nitrogens with zero attached hydrogens (tertiary/aromatic N) is 3. The Hall–Kier alpha value is -1.59. The number of hydrogen-bond donors (Lipinski definition) is 0. The van der Waals surface area contributed by atoms with Gasteiger partial charge >= 0.3 is 17.1 Å². The maximum absolute atomic E-state index is 12.3. The molecule has 1 aromatic heterocycles. The van der Waals surface area contributed by atoms with E-state index in [1.54, 1.807) is 41.5 Å². The Balaban J connectivity index is 3.99. The van der Waals surface area contributed by atoms with Crippen LogP contribution in [0.1, 0.15) is 47.6 Å². The van der Waals surface area contributed by atoms with Crippen molar-refractivity contribution in [3.8, 4) is 0 Å². The summed E-state index contributed by atoms with van der Waals surface area (Å²) < 4.78 is 3.35. The normalized spacial score (nSPS) is 12.2. The second-order valence-electron chi connectivity index (χ2n) is 5.56. The minimum absolute atomic E-state index is 0.251. The van der Waals surface area contributed by atoms with Gasteiger partial charge in [0.15, 0.2) is 0 Å². The van der Waals surface area contributed by atoms with Gasteiger partial charge in [0.1, 0.15) is 0 Å². The van der Waals surface area contributed by atoms with Crippen LogP contribution in [0, 0.1) is 0 Å². The highest BCUT2D eigenvalue weighted by Gasteiger charge is 2.24. The minimum Gasteiger partial charge on any atom is -0.247 e. The van der Waals surface area contributed by atoms with Gasteiger partial charge in [-0.2, -0.15) is 0 Å². The molecule has 0 bridgehead atoms. The van der Waals surface area contributed by atoms with E-state index in [0.29, 0.717) is 0 Å². The molecule has 1 aromatic rings. The third-order valence-corrected chi connectivity index (χ3v) is 2.76. The Morgan fingerprint density at radius 2 is 1.50 bits per heavy atom. The summed E-state index contributed by atoms with van der Waals surface area (Å²) in [6.45, 7) is 10.8. The molecule has 0 unspecified atom stereocenters. The molecule has 0 fully saturated rings. The molecule has 0 amide bonds. The van der Waals surface area contributed by atoms with Gasteiger partial charge in [-0.25, -0.2) is 28.1 Å². The molecule has 0 spiro atoms. The van der Waals surface area contributed by atoms with Crippen molar-refractivity contribution >= 4 is 0 Å². The van der Waals surface area contributed by atoms with Crippen LogP contribution < -0.4 is 17.1 Å². The van der Waals surface area contributed by atoms with E-state index in [0.717, 1.165) is 13.7 Å². The first-order chi connectivity index (χ1) is 8.12. The van der Waals surface area contributed by atoms with Crippen molar-refractivity contribution in [3.63, 3.8) is 0 Å². The predicted octanol–water partition coefficient (Wildman–Crippen LogP) is 0.527. The summed E-state index contributed by atoms with van der Waals surface area (Å²) in [4.78, 5) is 36.5. The molecule has 18 heavy (non-hydrogen) atoms. The van der Waals surface area contributed by atoms with Crippen LogP contribution in [0.4, 0.5) is 0 Å². The van der Waals surface area contributed by atoms with Gasteiger partial charge in [0.25, 0.3) is 0 Å². The summed E-state index contributed by atoms with van der Waals surface area (Å²) in [5.74, 6) is 0. The second-order valence-corrected chi connectivity index (χ2v) is 5.56. The maximum Gasteiger partial charge on any atom is 0.337 e. The quantitative estimate of drug-likeness (QED) is 0.774. The first kappa shape index (κ1) is 14.5. The molecule has 0 N–H and O–H groups in total. The molecule has 0 radical (unpaired) electrons. The lowest BCUT2D eigenvalue weighted by Crippen LogP contribution is -2.58. The Labute approximate surface area is 105 Å². The lowest BCUT2D eigenvalue weighted by Gasteiger charge is -2.24. The fourth-order valence-electron chi connectivity index (χ4n) is 1.89. The van der Waals surface area contributed by atoms with E-state index in [1.165, 1.54) is 0 Å². The van der Waals surface area contributed by atoms with E-state index in [9.17, 15) is 14.4 Å². The predicted molar refractivity (Wildman–Crippen MR) is 70.3 cm³/mol. The standard InChI is InChI=1S/C12H21N3O3/c1-7-13-9(16)14(8(2)3)11(18)15(10(13)17)12(4,5)6/h8H,7H2,1-6H3. The molecular formula is C12H21N3O3. The van der Waals surface area contributed by atoms with Gasteiger partial charge in [-0.15, -0.1) is 0 Å². The molecule has 0 aliphatic carbocycles. The molecule has 6 heteroatoms. The largest absolute Gasteiger partial charge is 0.337 e. The SMILES string of the molecule is CCn1c(=O)n(C(C)C)c(=O)n(C(C)(C)C)c1=O. The Bertz CT molecular complexity index is 611. The van der Waals surface area contributed by atoms with E-state index < -0.39 is 22.6 Å². The Morgan fingerprint density at radius 1 is 1.00 bits per heavy atom. The van der Waals surface area contributed by atoms with Crippen molar-refractivity contribution in [1.29, 1.82) is 0 Å². The number of rotatable bonds is 2. The van der Waals surface area contributed by atoms with Crippen molar-refractivity contribution in [1.82, 2.24) is 13.7 Å². The van der Waals surface area contributed by atoms with E-state index in [1.807, 2.05) is 0 Å². The zero-order valence-electron chi connectivity index (χ0n) is 11.9. The van der Waals surface area contributed by atoms with Gasteiger partial charge in [-0.1, -0.05) is 0 Å². The minimum atomic E-state index is -0.657. The molecule has 0 atom stereocenters. The monoisotopic (exact) mass is 255 g/mol. The third kappa shape index (κ3) is 2.19. The summed E-state index contributed by atoms with van der Waals surface area (Å²) in [5, 5.41) is 0. The van der Waals surface area contributed by atoms with Crippen LogP contribution in [0.25, 0.3) is 0 Å². The van der Waals surface area contributed by atoms with Crippen LogP contribution in [0.15, 0.2) is 14.4 Å². The highest BCUT2D eigenvalue weighted by atomic mass is 16.2. The number of aromatic nitrogens is 3. The molecule has 102 valence electrons. The lowest BCUT2D eigenvalue weighted by atomic mass is 10.1. The molecule has 1 rings (SSSR count). The summed E-state index contributed by atoms with van der Waals surface area (Å²) >= 11 is 0. The smallest absolute Gasteiger partial charge is 0.247 e. The fourth-order valence-corrected chi connectivity index (χ4v) is 1.89. The summed E-state index contributed by atoms with van der Waals surface area (Å²) in [6, 6.07) is -0.281. The van der Waals surface area contributed by atoms with Gasteiger partial charge < -0.3 is 0 Å². The molecule has 6 nitrogen and oxygen atoms in total. The highest BCUT2D eigenvalue weighted by molar-refractivity contribution is 4.86. The van der Waals surface area contributed by atoms with Gasteiger partial charge in [0, 0.05) is 18.1 Å². The average Bonchev–Trinajstić information content (AvgIpc) is 2.14. The van der Waals surface area contributed by atoms with E-state index in [4.69, 9.17) is 0 Å². The van der Waals surface area contributed by atoms with E-state index >= 15 is 0 Å². The third-order valence-electron chi connectivity index (χ3n) is 2.76. The van der Waals surface area contributed by atoms with E-state index in [2.05, 4.69) is 0 Å². The average molecular weight is 255 g/mol. The van der Waals surface area contributed by atoms with Gasteiger partial charge in [0.2, 0.25) is 0 Å². The van der Waals surface area contributed by atoms with Crippen molar-refractivity contribution in [2.45, 2.75) is 59.7 Å². The topological polar surface area (TPSA) is 66.0 Å². The molecule has 1 heterocycles. The first-order valence-corrected chi connectivity index (χ1v) is 6.11. The summed E-state index contributed by atoms with van der Waals surface area (Å²) in [6.07, 6.45) is 0. The molecule has 0 aliphatic rings. The zero-order valence-corrected chi connectivity index (χ0v) is 11.9. The summed E-state index contributed by atoms with van der Waals surface area (Å²) in [5.41, 5.74) is -2.28. The molecule has 0 saturated heterocycles. The van der Waals surface area contributed by atoms with Crippen molar-refractivity contribution < 1.29 is 0 Å². The molecule has 0 aliphatic heterocycles. The number of hydrogen-bond acceptors (Lipinski definition) is 3. The van der Waals surface area contributed by atoms with Crippen molar-refractivity contribution in [2.24, 2.45) is 0 Å². The lowest BCUT2D eigenvalue weighted by molar-refractivity contribution is 0.313. The van der Waals surface area contributed by atoms with Gasteiger partial charge in [-0.05, 0) is 41.5 Å². The Kier molecular flexibility index (Phi) is 3.69. The molecular weight excluding hydrogens is 234 g/mol. The van der Waals surface area contributed by atoms with Crippen LogP contribution in [0.3, 0.4) is 0 Å². The fraction of sp³-hybridized carbons (Fsp3) is 0.750. The highest BCUT2D eigenvalue weighted by Crippen LogP contribution is 2.07. The van der Waals surface area contributed by atoms with Crippen molar-refractivity contribution in [2.75, 3.05) is 0 Å². The first-order valence-electron chi connectivity index (χ1n) is 6.11. The summed E-state index contributed by atoms with van der Waals surface area (Å²) in [7, 11) is 0. The Morgan fingerprint density at radius 3 is 1.83 bits per heavy atom. The maximum atomic E-state index is 12.3. The van der Waals surface area contributed by atoms with E-state index in [-0.39, 0.29) is 12.6 Å². The van der Waals surface area contributed by atoms with Gasteiger partial charge in [0.05, 0.1) is 0 Å². The van der Waals surface area contributed by atoms with Crippen molar-refractivity contribution in [3.05, 3.63) is 31.5 Å².